The molecule has 1 aromatic rings. The van der Waals surface area contributed by atoms with E-state index in [0.717, 1.165) is 12.8 Å². The highest BCUT2D eigenvalue weighted by molar-refractivity contribution is 7.89. The van der Waals surface area contributed by atoms with Gasteiger partial charge in [-0.2, -0.15) is 4.31 Å². The number of ether oxygens (including phenoxy) is 1. The fraction of sp³-hybridized carbons (Fsp3) is 0.529. The first-order valence-electron chi connectivity index (χ1n) is 8.40. The van der Waals surface area contributed by atoms with Gasteiger partial charge in [-0.05, 0) is 30.7 Å². The van der Waals surface area contributed by atoms with Crippen molar-refractivity contribution in [2.45, 2.75) is 38.5 Å². The third-order valence-corrected chi connectivity index (χ3v) is 5.68. The van der Waals surface area contributed by atoms with E-state index in [0.29, 0.717) is 19.7 Å². The summed E-state index contributed by atoms with van der Waals surface area (Å²) >= 11 is 0. The van der Waals surface area contributed by atoms with Crippen LogP contribution in [0.15, 0.2) is 29.2 Å². The SMILES string of the molecule is CCCCOC(=O)CNC(=O)c1ccc(S(=O)(=O)N(CC)CC)cc1. The molecule has 1 aromatic carbocycles. The molecule has 140 valence electrons. The molecule has 0 unspecified atom stereocenters. The van der Waals surface area contributed by atoms with Crippen molar-refractivity contribution in [3.05, 3.63) is 29.8 Å². The lowest BCUT2D eigenvalue weighted by Crippen LogP contribution is -2.31. The number of carbonyl (C=O) groups is 2. The first kappa shape index (κ1) is 21.1. The molecule has 8 heteroatoms. The normalized spacial score (nSPS) is 11.4. The summed E-state index contributed by atoms with van der Waals surface area (Å²) in [5, 5.41) is 2.46. The Kier molecular flexibility index (Phi) is 8.57. The van der Waals surface area contributed by atoms with Gasteiger partial charge in [0, 0.05) is 18.7 Å². The first-order valence-corrected chi connectivity index (χ1v) is 9.84. The molecule has 0 bridgehead atoms. The Labute approximate surface area is 149 Å². The molecule has 0 atom stereocenters. The number of esters is 1. The van der Waals surface area contributed by atoms with Crippen LogP contribution < -0.4 is 5.32 Å². The van der Waals surface area contributed by atoms with Gasteiger partial charge < -0.3 is 10.1 Å². The molecule has 0 aliphatic carbocycles. The highest BCUT2D eigenvalue weighted by atomic mass is 32.2. The second-order valence-electron chi connectivity index (χ2n) is 5.37. The predicted octanol–water partition coefficient (Wildman–Crippen LogP) is 1.79. The summed E-state index contributed by atoms with van der Waals surface area (Å²) < 4.78 is 31.0. The minimum Gasteiger partial charge on any atom is -0.464 e. The van der Waals surface area contributed by atoms with Crippen LogP contribution in [0.3, 0.4) is 0 Å². The summed E-state index contributed by atoms with van der Waals surface area (Å²) in [6, 6.07) is 5.63. The second kappa shape index (κ2) is 10.1. The molecule has 0 saturated heterocycles. The Balaban J connectivity index is 2.67. The molecule has 0 saturated carbocycles. The summed E-state index contributed by atoms with van der Waals surface area (Å²) in [5.41, 5.74) is 0.278. The number of rotatable bonds is 10. The fourth-order valence-corrected chi connectivity index (χ4v) is 3.58. The number of hydrogen-bond acceptors (Lipinski definition) is 5. The number of carbonyl (C=O) groups excluding carboxylic acids is 2. The van der Waals surface area contributed by atoms with Crippen LogP contribution in [-0.4, -0.2) is 50.8 Å². The molecule has 0 aliphatic rings. The lowest BCUT2D eigenvalue weighted by atomic mass is 10.2. The van der Waals surface area contributed by atoms with E-state index < -0.39 is 21.9 Å². The Morgan fingerprint density at radius 1 is 1.08 bits per heavy atom. The van der Waals surface area contributed by atoms with E-state index in [2.05, 4.69) is 5.32 Å². The average Bonchev–Trinajstić information content (AvgIpc) is 2.61. The molecule has 1 rings (SSSR count). The smallest absolute Gasteiger partial charge is 0.325 e. The molecule has 0 radical (unpaired) electrons. The van der Waals surface area contributed by atoms with E-state index in [1.165, 1.54) is 28.6 Å². The van der Waals surface area contributed by atoms with Crippen LogP contribution in [0.4, 0.5) is 0 Å². The minimum absolute atomic E-state index is 0.131. The van der Waals surface area contributed by atoms with E-state index in [1.54, 1.807) is 13.8 Å². The van der Waals surface area contributed by atoms with Crippen LogP contribution in [0.5, 0.6) is 0 Å². The zero-order valence-electron chi connectivity index (χ0n) is 14.9. The van der Waals surface area contributed by atoms with Crippen LogP contribution in [-0.2, 0) is 19.6 Å². The van der Waals surface area contributed by atoms with Crippen molar-refractivity contribution in [3.8, 4) is 0 Å². The van der Waals surface area contributed by atoms with Gasteiger partial charge in [0.05, 0.1) is 11.5 Å². The largest absolute Gasteiger partial charge is 0.464 e. The quantitative estimate of drug-likeness (QED) is 0.501. The maximum atomic E-state index is 12.4. The number of amides is 1. The Hall–Kier alpha value is -1.93. The van der Waals surface area contributed by atoms with Crippen LogP contribution >= 0.6 is 0 Å². The van der Waals surface area contributed by atoms with E-state index in [1.807, 2.05) is 6.92 Å². The molecule has 25 heavy (non-hydrogen) atoms. The van der Waals surface area contributed by atoms with Gasteiger partial charge >= 0.3 is 5.97 Å². The van der Waals surface area contributed by atoms with E-state index in [4.69, 9.17) is 4.74 Å². The van der Waals surface area contributed by atoms with Crippen molar-refractivity contribution >= 4 is 21.9 Å². The fourth-order valence-electron chi connectivity index (χ4n) is 2.13. The third kappa shape index (κ3) is 6.13. The van der Waals surface area contributed by atoms with Gasteiger partial charge in [0.2, 0.25) is 10.0 Å². The topological polar surface area (TPSA) is 92.8 Å². The van der Waals surface area contributed by atoms with Gasteiger partial charge in [-0.3, -0.25) is 9.59 Å². The average molecular weight is 370 g/mol. The predicted molar refractivity (Wildman–Crippen MR) is 94.7 cm³/mol. The summed E-state index contributed by atoms with van der Waals surface area (Å²) in [5.74, 6) is -0.957. The monoisotopic (exact) mass is 370 g/mol. The summed E-state index contributed by atoms with van der Waals surface area (Å²) in [4.78, 5) is 23.6. The molecule has 1 amide bonds. The number of benzene rings is 1. The van der Waals surface area contributed by atoms with E-state index in [-0.39, 0.29) is 17.0 Å². The Morgan fingerprint density at radius 2 is 1.68 bits per heavy atom. The van der Waals surface area contributed by atoms with Gasteiger partial charge in [-0.25, -0.2) is 8.42 Å². The van der Waals surface area contributed by atoms with Crippen LogP contribution in [0.1, 0.15) is 44.0 Å². The zero-order valence-corrected chi connectivity index (χ0v) is 15.8. The van der Waals surface area contributed by atoms with Gasteiger partial charge in [-0.15, -0.1) is 0 Å². The molecular formula is C17H26N2O5S. The van der Waals surface area contributed by atoms with Crippen molar-refractivity contribution < 1.29 is 22.7 Å². The summed E-state index contributed by atoms with van der Waals surface area (Å²) in [6.45, 7) is 6.39. The second-order valence-corrected chi connectivity index (χ2v) is 7.31. The number of sulfonamides is 1. The molecule has 0 fully saturated rings. The number of nitrogens with one attached hydrogen (secondary N) is 1. The van der Waals surface area contributed by atoms with Crippen LogP contribution in [0.25, 0.3) is 0 Å². The molecule has 7 nitrogen and oxygen atoms in total. The number of hydrogen-bond donors (Lipinski definition) is 1. The zero-order chi connectivity index (χ0) is 18.9. The van der Waals surface area contributed by atoms with E-state index in [9.17, 15) is 18.0 Å². The van der Waals surface area contributed by atoms with Crippen molar-refractivity contribution in [3.63, 3.8) is 0 Å². The van der Waals surface area contributed by atoms with Crippen molar-refractivity contribution in [2.75, 3.05) is 26.2 Å². The van der Waals surface area contributed by atoms with Gasteiger partial charge in [-0.1, -0.05) is 27.2 Å². The van der Waals surface area contributed by atoms with Crippen LogP contribution in [0, 0.1) is 0 Å². The van der Waals surface area contributed by atoms with Crippen molar-refractivity contribution in [2.24, 2.45) is 0 Å². The minimum atomic E-state index is -3.55. The lowest BCUT2D eigenvalue weighted by molar-refractivity contribution is -0.142. The lowest BCUT2D eigenvalue weighted by Gasteiger charge is -2.18. The van der Waals surface area contributed by atoms with Gasteiger partial charge in [0.1, 0.15) is 6.54 Å². The summed E-state index contributed by atoms with van der Waals surface area (Å²) in [6.07, 6.45) is 1.70. The van der Waals surface area contributed by atoms with Crippen LogP contribution in [0.2, 0.25) is 0 Å². The van der Waals surface area contributed by atoms with Gasteiger partial charge in [0.25, 0.3) is 5.91 Å². The van der Waals surface area contributed by atoms with Crippen molar-refractivity contribution in [1.29, 1.82) is 0 Å². The molecule has 0 aromatic heterocycles. The first-order chi connectivity index (χ1) is 11.9. The molecular weight excluding hydrogens is 344 g/mol. The summed E-state index contributed by atoms with van der Waals surface area (Å²) in [7, 11) is -3.55. The molecule has 0 heterocycles. The molecule has 0 aliphatic heterocycles. The molecule has 0 spiro atoms. The van der Waals surface area contributed by atoms with Crippen molar-refractivity contribution in [1.82, 2.24) is 9.62 Å². The van der Waals surface area contributed by atoms with E-state index >= 15 is 0 Å². The Morgan fingerprint density at radius 3 is 2.20 bits per heavy atom. The standard InChI is InChI=1S/C17H26N2O5S/c1-4-7-12-24-16(20)13-18-17(21)14-8-10-15(11-9-14)25(22,23)19(5-2)6-3/h8-11H,4-7,12-13H2,1-3H3,(H,18,21). The maximum Gasteiger partial charge on any atom is 0.325 e. The van der Waals surface area contributed by atoms with Gasteiger partial charge in [0.15, 0.2) is 0 Å². The Bertz CT molecular complexity index is 667. The highest BCUT2D eigenvalue weighted by Gasteiger charge is 2.21. The number of unbranched alkanes of at least 4 members (excludes halogenated alkanes) is 1. The highest BCUT2D eigenvalue weighted by Crippen LogP contribution is 2.16. The number of nitrogens with zero attached hydrogens (tertiary/aromatic N) is 1. The molecule has 1 N–H and O–H groups in total. The maximum absolute atomic E-state index is 12.4. The third-order valence-electron chi connectivity index (χ3n) is 3.61.